The molecule has 0 bridgehead atoms. The van der Waals surface area contributed by atoms with Crippen molar-refractivity contribution in [1.82, 2.24) is 5.32 Å². The van der Waals surface area contributed by atoms with Crippen LogP contribution >= 0.6 is 0 Å². The van der Waals surface area contributed by atoms with Gasteiger partial charge in [0.1, 0.15) is 5.75 Å². The lowest BCUT2D eigenvalue weighted by atomic mass is 10.2. The molecule has 0 spiro atoms. The molecule has 0 heterocycles. The van der Waals surface area contributed by atoms with Gasteiger partial charge in [0, 0.05) is 18.7 Å². The van der Waals surface area contributed by atoms with Gasteiger partial charge in [-0.3, -0.25) is 0 Å². The molecule has 0 aliphatic rings. The van der Waals surface area contributed by atoms with Crippen LogP contribution in [0.3, 0.4) is 0 Å². The maximum Gasteiger partial charge on any atom is 0.573 e. The number of hydrogen-bond acceptors (Lipinski definition) is 3. The molecule has 17 heavy (non-hydrogen) atoms. The standard InChI is InChI=1S/C11H14F3NO2/c12-11(13,14)17-10-5-2-1-4-9(10)8-15-6-3-7-16/h1-2,4-5,15-16H,3,6-8H2. The Kier molecular flexibility index (Phi) is 5.24. The molecule has 0 aliphatic heterocycles. The average molecular weight is 249 g/mol. The van der Waals surface area contributed by atoms with Gasteiger partial charge in [-0.2, -0.15) is 0 Å². The monoisotopic (exact) mass is 249 g/mol. The Hall–Kier alpha value is -1.27. The van der Waals surface area contributed by atoms with Crippen LogP contribution in [0.2, 0.25) is 0 Å². The third-order valence-corrected chi connectivity index (χ3v) is 2.03. The Bertz CT molecular complexity index is 342. The molecule has 2 N–H and O–H groups in total. The maximum atomic E-state index is 12.1. The van der Waals surface area contributed by atoms with E-state index in [1.165, 1.54) is 12.1 Å². The topological polar surface area (TPSA) is 41.5 Å². The van der Waals surface area contributed by atoms with E-state index in [2.05, 4.69) is 10.1 Å². The Labute approximate surface area is 97.2 Å². The lowest BCUT2D eigenvalue weighted by Crippen LogP contribution is -2.20. The first-order valence-electron chi connectivity index (χ1n) is 5.18. The minimum absolute atomic E-state index is 0.0493. The van der Waals surface area contributed by atoms with Crippen molar-refractivity contribution in [2.75, 3.05) is 13.2 Å². The summed E-state index contributed by atoms with van der Waals surface area (Å²) in [5.74, 6) is -0.198. The van der Waals surface area contributed by atoms with Gasteiger partial charge in [-0.05, 0) is 19.0 Å². The van der Waals surface area contributed by atoms with E-state index in [4.69, 9.17) is 5.11 Å². The third-order valence-electron chi connectivity index (χ3n) is 2.03. The molecule has 0 saturated carbocycles. The maximum absolute atomic E-state index is 12.1. The molecule has 0 unspecified atom stereocenters. The van der Waals surface area contributed by atoms with Crippen molar-refractivity contribution in [3.8, 4) is 5.75 Å². The highest BCUT2D eigenvalue weighted by atomic mass is 19.4. The lowest BCUT2D eigenvalue weighted by Gasteiger charge is -2.13. The Balaban J connectivity index is 2.58. The van der Waals surface area contributed by atoms with Gasteiger partial charge >= 0.3 is 6.36 Å². The molecule has 0 aromatic heterocycles. The summed E-state index contributed by atoms with van der Waals surface area (Å²) in [6.45, 7) is 0.858. The molecule has 0 fully saturated rings. The van der Waals surface area contributed by atoms with E-state index in [9.17, 15) is 13.2 Å². The summed E-state index contributed by atoms with van der Waals surface area (Å²) in [6.07, 6.45) is -4.12. The second-order valence-corrected chi connectivity index (χ2v) is 3.41. The van der Waals surface area contributed by atoms with Gasteiger partial charge in [0.05, 0.1) is 0 Å². The van der Waals surface area contributed by atoms with Crippen LogP contribution in [0.5, 0.6) is 5.75 Å². The molecule has 0 radical (unpaired) electrons. The minimum atomic E-state index is -4.68. The molecule has 3 nitrogen and oxygen atoms in total. The summed E-state index contributed by atoms with van der Waals surface area (Å²) in [4.78, 5) is 0. The first-order chi connectivity index (χ1) is 8.03. The number of alkyl halides is 3. The molecule has 1 aromatic carbocycles. The van der Waals surface area contributed by atoms with Crippen LogP contribution in [-0.4, -0.2) is 24.6 Å². The van der Waals surface area contributed by atoms with Gasteiger partial charge < -0.3 is 15.2 Å². The Morgan fingerprint density at radius 3 is 2.59 bits per heavy atom. The van der Waals surface area contributed by atoms with Gasteiger partial charge in [0.2, 0.25) is 0 Å². The van der Waals surface area contributed by atoms with E-state index in [0.29, 0.717) is 18.5 Å². The fourth-order valence-corrected chi connectivity index (χ4v) is 1.30. The van der Waals surface area contributed by atoms with E-state index in [1.807, 2.05) is 0 Å². The average Bonchev–Trinajstić information content (AvgIpc) is 2.24. The van der Waals surface area contributed by atoms with Crippen molar-refractivity contribution in [2.24, 2.45) is 0 Å². The van der Waals surface area contributed by atoms with Crippen LogP contribution in [0.25, 0.3) is 0 Å². The van der Waals surface area contributed by atoms with Gasteiger partial charge in [0.25, 0.3) is 0 Å². The van der Waals surface area contributed by atoms with Crippen LogP contribution in [0, 0.1) is 0 Å². The number of halogens is 3. The van der Waals surface area contributed by atoms with Gasteiger partial charge in [-0.1, -0.05) is 18.2 Å². The molecular weight excluding hydrogens is 235 g/mol. The zero-order chi connectivity index (χ0) is 12.7. The quantitative estimate of drug-likeness (QED) is 0.758. The van der Waals surface area contributed by atoms with Crippen molar-refractivity contribution in [3.63, 3.8) is 0 Å². The van der Waals surface area contributed by atoms with Crippen LogP contribution in [-0.2, 0) is 6.54 Å². The van der Waals surface area contributed by atoms with E-state index < -0.39 is 6.36 Å². The highest BCUT2D eigenvalue weighted by Crippen LogP contribution is 2.25. The SMILES string of the molecule is OCCCNCc1ccccc1OC(F)(F)F. The van der Waals surface area contributed by atoms with E-state index in [1.54, 1.807) is 12.1 Å². The van der Waals surface area contributed by atoms with Gasteiger partial charge in [0.15, 0.2) is 0 Å². The van der Waals surface area contributed by atoms with Crippen molar-refractivity contribution < 1.29 is 23.0 Å². The lowest BCUT2D eigenvalue weighted by molar-refractivity contribution is -0.274. The second kappa shape index (κ2) is 6.46. The normalized spacial score (nSPS) is 11.5. The summed E-state index contributed by atoms with van der Waals surface area (Å²) < 4.78 is 40.2. The number of ether oxygens (including phenoxy) is 1. The Morgan fingerprint density at radius 2 is 1.94 bits per heavy atom. The van der Waals surface area contributed by atoms with Gasteiger partial charge in [-0.25, -0.2) is 0 Å². The molecule has 1 rings (SSSR count). The van der Waals surface area contributed by atoms with Crippen LogP contribution < -0.4 is 10.1 Å². The predicted octanol–water partition coefficient (Wildman–Crippen LogP) is 2.06. The minimum Gasteiger partial charge on any atom is -0.405 e. The number of aliphatic hydroxyl groups is 1. The summed E-state index contributed by atoms with van der Waals surface area (Å²) in [7, 11) is 0. The first-order valence-corrected chi connectivity index (χ1v) is 5.18. The number of para-hydroxylation sites is 1. The highest BCUT2D eigenvalue weighted by Gasteiger charge is 2.31. The van der Waals surface area contributed by atoms with Crippen molar-refractivity contribution in [3.05, 3.63) is 29.8 Å². The number of hydrogen-bond donors (Lipinski definition) is 2. The van der Waals surface area contributed by atoms with Crippen LogP contribution in [0.15, 0.2) is 24.3 Å². The van der Waals surface area contributed by atoms with Crippen LogP contribution in [0.4, 0.5) is 13.2 Å². The highest BCUT2D eigenvalue weighted by molar-refractivity contribution is 5.33. The molecular formula is C11H14F3NO2. The molecule has 0 aliphatic carbocycles. The van der Waals surface area contributed by atoms with Crippen LogP contribution in [0.1, 0.15) is 12.0 Å². The Morgan fingerprint density at radius 1 is 1.24 bits per heavy atom. The fraction of sp³-hybridized carbons (Fsp3) is 0.455. The summed E-state index contributed by atoms with van der Waals surface area (Å²) in [5, 5.41) is 11.5. The molecule has 6 heteroatoms. The largest absolute Gasteiger partial charge is 0.573 e. The molecule has 1 aromatic rings. The molecule has 0 amide bonds. The van der Waals surface area contributed by atoms with E-state index in [-0.39, 0.29) is 18.9 Å². The first kappa shape index (κ1) is 13.8. The smallest absolute Gasteiger partial charge is 0.405 e. The zero-order valence-corrected chi connectivity index (χ0v) is 9.13. The second-order valence-electron chi connectivity index (χ2n) is 3.41. The van der Waals surface area contributed by atoms with Gasteiger partial charge in [-0.15, -0.1) is 13.2 Å². The molecule has 0 atom stereocenters. The summed E-state index contributed by atoms with van der Waals surface area (Å²) in [6, 6.07) is 5.97. The molecule has 0 saturated heterocycles. The third kappa shape index (κ3) is 5.55. The summed E-state index contributed by atoms with van der Waals surface area (Å²) >= 11 is 0. The number of nitrogens with one attached hydrogen (secondary N) is 1. The predicted molar refractivity (Wildman–Crippen MR) is 56.5 cm³/mol. The fourth-order valence-electron chi connectivity index (χ4n) is 1.30. The number of rotatable bonds is 6. The zero-order valence-electron chi connectivity index (χ0n) is 9.13. The summed E-state index contributed by atoms with van der Waals surface area (Å²) in [5.41, 5.74) is 0.433. The molecule has 96 valence electrons. The van der Waals surface area contributed by atoms with Crippen molar-refractivity contribution in [2.45, 2.75) is 19.3 Å². The number of aliphatic hydroxyl groups excluding tert-OH is 1. The van der Waals surface area contributed by atoms with E-state index >= 15 is 0 Å². The number of benzene rings is 1. The van der Waals surface area contributed by atoms with Crippen molar-refractivity contribution in [1.29, 1.82) is 0 Å². The van der Waals surface area contributed by atoms with E-state index in [0.717, 1.165) is 0 Å². The van der Waals surface area contributed by atoms with Crippen molar-refractivity contribution >= 4 is 0 Å².